The highest BCUT2D eigenvalue weighted by atomic mass is 127. The highest BCUT2D eigenvalue weighted by molar-refractivity contribution is 14.1. The number of hydrogen-bond acceptors (Lipinski definition) is 1. The van der Waals surface area contributed by atoms with Crippen molar-refractivity contribution in [3.05, 3.63) is 29.6 Å². The summed E-state index contributed by atoms with van der Waals surface area (Å²) in [6.07, 6.45) is 1.92. The number of pyridine rings is 1. The lowest BCUT2D eigenvalue weighted by molar-refractivity contribution is 1.17. The summed E-state index contributed by atoms with van der Waals surface area (Å²) in [4.78, 5) is 4.15. The number of alkyl halides is 1. The van der Waals surface area contributed by atoms with Crippen LogP contribution in [-0.2, 0) is 4.43 Å². The number of nitrogens with zero attached hydrogens (tertiary/aromatic N) is 1. The predicted octanol–water partition coefficient (Wildman–Crippen LogP) is 2.33. The van der Waals surface area contributed by atoms with Gasteiger partial charge in [-0.05, 0) is 18.6 Å². The van der Waals surface area contributed by atoms with Crippen molar-refractivity contribution in [2.75, 3.05) is 0 Å². The molecule has 0 atom stereocenters. The van der Waals surface area contributed by atoms with E-state index in [0.29, 0.717) is 0 Å². The Morgan fingerprint density at radius 1 is 1.56 bits per heavy atom. The van der Waals surface area contributed by atoms with Crippen molar-refractivity contribution in [1.82, 2.24) is 4.98 Å². The molecule has 0 saturated carbocycles. The van der Waals surface area contributed by atoms with Gasteiger partial charge < -0.3 is 0 Å². The molecule has 0 bridgehead atoms. The fourth-order valence-electron chi connectivity index (χ4n) is 0.577. The standard InChI is InChI=1S/C7H8IN/c1-6-2-3-7(4-8)5-9-6/h2-3,5H,4H2,1H3. The number of aryl methyl sites for hydroxylation is 1. The van der Waals surface area contributed by atoms with Crippen molar-refractivity contribution in [2.24, 2.45) is 0 Å². The smallest absolute Gasteiger partial charge is 0.0372 e. The van der Waals surface area contributed by atoms with Gasteiger partial charge in [-0.1, -0.05) is 28.7 Å². The van der Waals surface area contributed by atoms with Crippen molar-refractivity contribution in [1.29, 1.82) is 0 Å². The van der Waals surface area contributed by atoms with Crippen molar-refractivity contribution < 1.29 is 0 Å². The van der Waals surface area contributed by atoms with Crippen molar-refractivity contribution in [3.63, 3.8) is 0 Å². The van der Waals surface area contributed by atoms with Gasteiger partial charge in [-0.15, -0.1) is 0 Å². The van der Waals surface area contributed by atoms with Crippen LogP contribution in [0.2, 0.25) is 0 Å². The lowest BCUT2D eigenvalue weighted by atomic mass is 10.3. The van der Waals surface area contributed by atoms with Gasteiger partial charge in [-0.3, -0.25) is 4.98 Å². The molecule has 0 aliphatic carbocycles. The highest BCUT2D eigenvalue weighted by Crippen LogP contribution is 2.03. The lowest BCUT2D eigenvalue weighted by Gasteiger charge is -1.92. The molecule has 1 rings (SSSR count). The molecule has 1 nitrogen and oxygen atoms in total. The summed E-state index contributed by atoms with van der Waals surface area (Å²) in [6, 6.07) is 4.14. The SMILES string of the molecule is Cc1ccc(CI)cn1. The van der Waals surface area contributed by atoms with Crippen LogP contribution in [0.1, 0.15) is 11.3 Å². The van der Waals surface area contributed by atoms with Crippen molar-refractivity contribution in [2.45, 2.75) is 11.4 Å². The van der Waals surface area contributed by atoms with E-state index in [1.807, 2.05) is 19.2 Å². The first-order chi connectivity index (χ1) is 4.33. The number of hydrogen-bond donors (Lipinski definition) is 0. The third-order valence-corrected chi connectivity index (χ3v) is 2.01. The molecule has 0 amide bonds. The van der Waals surface area contributed by atoms with Crippen LogP contribution >= 0.6 is 22.6 Å². The van der Waals surface area contributed by atoms with Crippen LogP contribution in [0.3, 0.4) is 0 Å². The number of halogens is 1. The summed E-state index contributed by atoms with van der Waals surface area (Å²) in [5, 5.41) is 0. The predicted molar refractivity (Wildman–Crippen MR) is 46.7 cm³/mol. The van der Waals surface area contributed by atoms with E-state index in [1.165, 1.54) is 5.56 Å². The zero-order valence-electron chi connectivity index (χ0n) is 5.26. The van der Waals surface area contributed by atoms with E-state index in [1.54, 1.807) is 0 Å². The Hall–Kier alpha value is -0.120. The monoisotopic (exact) mass is 233 g/mol. The molecule has 1 heterocycles. The maximum absolute atomic E-state index is 4.15. The molecule has 0 saturated heterocycles. The molecule has 0 aromatic carbocycles. The van der Waals surface area contributed by atoms with E-state index in [4.69, 9.17) is 0 Å². The van der Waals surface area contributed by atoms with E-state index in [2.05, 4.69) is 33.6 Å². The van der Waals surface area contributed by atoms with Gasteiger partial charge >= 0.3 is 0 Å². The zero-order chi connectivity index (χ0) is 6.69. The average Bonchev–Trinajstić information content (AvgIpc) is 1.90. The summed E-state index contributed by atoms with van der Waals surface area (Å²) >= 11 is 2.33. The van der Waals surface area contributed by atoms with Gasteiger partial charge in [0.2, 0.25) is 0 Å². The molecule has 0 fully saturated rings. The quantitative estimate of drug-likeness (QED) is 0.535. The summed E-state index contributed by atoms with van der Waals surface area (Å²) in [5.74, 6) is 0. The largest absolute Gasteiger partial charge is 0.261 e. The second kappa shape index (κ2) is 3.15. The van der Waals surface area contributed by atoms with Gasteiger partial charge in [0, 0.05) is 16.3 Å². The van der Waals surface area contributed by atoms with Crippen molar-refractivity contribution in [3.8, 4) is 0 Å². The van der Waals surface area contributed by atoms with Crippen LogP contribution < -0.4 is 0 Å². The number of rotatable bonds is 1. The van der Waals surface area contributed by atoms with E-state index in [0.717, 1.165) is 10.1 Å². The van der Waals surface area contributed by atoms with Crippen LogP contribution in [0.15, 0.2) is 18.3 Å². The van der Waals surface area contributed by atoms with Crippen LogP contribution in [0.25, 0.3) is 0 Å². The Bertz CT molecular complexity index is 181. The van der Waals surface area contributed by atoms with Crippen LogP contribution in [0.5, 0.6) is 0 Å². The fourth-order valence-corrected chi connectivity index (χ4v) is 1.03. The second-order valence-electron chi connectivity index (χ2n) is 1.94. The Kier molecular flexibility index (Phi) is 2.45. The topological polar surface area (TPSA) is 12.9 Å². The maximum Gasteiger partial charge on any atom is 0.0372 e. The van der Waals surface area contributed by atoms with E-state index >= 15 is 0 Å². The maximum atomic E-state index is 4.15. The molecule has 1 aromatic rings. The summed E-state index contributed by atoms with van der Waals surface area (Å²) in [5.41, 5.74) is 2.38. The molecule has 9 heavy (non-hydrogen) atoms. The van der Waals surface area contributed by atoms with Crippen LogP contribution in [0.4, 0.5) is 0 Å². The first-order valence-corrected chi connectivity index (χ1v) is 4.33. The molecule has 0 N–H and O–H groups in total. The van der Waals surface area contributed by atoms with Crippen LogP contribution in [-0.4, -0.2) is 4.98 Å². The zero-order valence-corrected chi connectivity index (χ0v) is 7.42. The molecule has 0 radical (unpaired) electrons. The Morgan fingerprint density at radius 3 is 2.78 bits per heavy atom. The minimum absolute atomic E-state index is 1.05. The molecule has 48 valence electrons. The van der Waals surface area contributed by atoms with E-state index in [9.17, 15) is 0 Å². The third kappa shape index (κ3) is 1.93. The lowest BCUT2D eigenvalue weighted by Crippen LogP contribution is -1.81. The van der Waals surface area contributed by atoms with Crippen molar-refractivity contribution >= 4 is 22.6 Å². The van der Waals surface area contributed by atoms with Gasteiger partial charge in [0.25, 0.3) is 0 Å². The molecular formula is C7H8IN. The molecule has 0 spiro atoms. The summed E-state index contributed by atoms with van der Waals surface area (Å²) in [6.45, 7) is 2.00. The van der Waals surface area contributed by atoms with E-state index in [-0.39, 0.29) is 0 Å². The Morgan fingerprint density at radius 2 is 2.33 bits per heavy atom. The number of aromatic nitrogens is 1. The molecular weight excluding hydrogens is 225 g/mol. The Labute approximate surface area is 68.6 Å². The molecule has 2 heteroatoms. The molecule has 1 aromatic heterocycles. The molecule has 0 unspecified atom stereocenters. The molecule has 0 aliphatic rings. The minimum Gasteiger partial charge on any atom is -0.261 e. The summed E-state index contributed by atoms with van der Waals surface area (Å²) in [7, 11) is 0. The first-order valence-electron chi connectivity index (χ1n) is 2.80. The molecule has 0 aliphatic heterocycles. The van der Waals surface area contributed by atoms with E-state index < -0.39 is 0 Å². The van der Waals surface area contributed by atoms with Gasteiger partial charge in [0.15, 0.2) is 0 Å². The Balaban J connectivity index is 2.88. The van der Waals surface area contributed by atoms with Gasteiger partial charge in [-0.2, -0.15) is 0 Å². The first kappa shape index (κ1) is 6.99. The van der Waals surface area contributed by atoms with Gasteiger partial charge in [0.1, 0.15) is 0 Å². The van der Waals surface area contributed by atoms with Gasteiger partial charge in [0.05, 0.1) is 0 Å². The van der Waals surface area contributed by atoms with Crippen LogP contribution in [0, 0.1) is 6.92 Å². The fraction of sp³-hybridized carbons (Fsp3) is 0.286. The van der Waals surface area contributed by atoms with Gasteiger partial charge in [-0.25, -0.2) is 0 Å². The summed E-state index contributed by atoms with van der Waals surface area (Å²) < 4.78 is 1.05. The average molecular weight is 233 g/mol. The second-order valence-corrected chi connectivity index (χ2v) is 2.70. The third-order valence-electron chi connectivity index (χ3n) is 1.13. The normalized spacial score (nSPS) is 9.56. The highest BCUT2D eigenvalue weighted by Gasteiger charge is 1.87. The minimum atomic E-state index is 1.05.